The average Bonchev–Trinajstić information content (AvgIpc) is 3.14. The molecule has 0 fully saturated rings. The molecule has 2 atom stereocenters. The molecule has 4 nitrogen and oxygen atoms in total. The van der Waals surface area contributed by atoms with E-state index in [-0.39, 0.29) is 11.7 Å². The molecule has 0 aliphatic carbocycles. The largest absolute Gasteiger partial charge is 0.467 e. The smallest absolute Gasteiger partial charge is 0.280 e. The Morgan fingerprint density at radius 2 is 1.58 bits per heavy atom. The van der Waals surface area contributed by atoms with Crippen LogP contribution >= 0.6 is 0 Å². The van der Waals surface area contributed by atoms with E-state index < -0.39 is 11.5 Å². The van der Waals surface area contributed by atoms with Gasteiger partial charge in [0.2, 0.25) is 5.78 Å². The molecule has 0 bridgehead atoms. The number of anilines is 1. The molecule has 2 aromatic rings. The molecule has 0 aromatic heterocycles. The number of benzene rings is 2. The number of nitrogens with zero attached hydrogens (tertiary/aromatic N) is 1. The van der Waals surface area contributed by atoms with E-state index in [0.29, 0.717) is 11.3 Å². The molecule has 4 heteroatoms. The highest BCUT2D eigenvalue weighted by molar-refractivity contribution is 6.26. The van der Waals surface area contributed by atoms with E-state index in [9.17, 15) is 9.59 Å². The minimum absolute atomic E-state index is 0.296. The van der Waals surface area contributed by atoms with Gasteiger partial charge in [0.15, 0.2) is 0 Å². The van der Waals surface area contributed by atoms with Crippen molar-refractivity contribution in [3.8, 4) is 17.6 Å². The number of rotatable bonds is 8. The molecule has 172 valence electrons. The highest BCUT2D eigenvalue weighted by Gasteiger charge is 2.63. The number of carbonyl (C=O) groups excluding carboxylic acids is 2. The SMILES string of the molecule is CCCCCCCCCCC#C[C@H]1c2ccccc2N(C)C(=O)[C@]12Oc1ccccc1C2=O. The maximum absolute atomic E-state index is 13.6. The third-order valence-corrected chi connectivity index (χ3v) is 6.78. The van der Waals surface area contributed by atoms with Crippen molar-refractivity contribution < 1.29 is 14.3 Å². The fourth-order valence-corrected chi connectivity index (χ4v) is 4.93. The minimum Gasteiger partial charge on any atom is -0.467 e. The van der Waals surface area contributed by atoms with Crippen molar-refractivity contribution in [3.63, 3.8) is 0 Å². The van der Waals surface area contributed by atoms with Crippen LogP contribution in [0, 0.1) is 11.8 Å². The average molecular weight is 444 g/mol. The van der Waals surface area contributed by atoms with Crippen LogP contribution in [0.15, 0.2) is 48.5 Å². The lowest BCUT2D eigenvalue weighted by molar-refractivity contribution is -0.130. The zero-order chi connectivity index (χ0) is 23.3. The van der Waals surface area contributed by atoms with Gasteiger partial charge >= 0.3 is 0 Å². The topological polar surface area (TPSA) is 46.6 Å². The summed E-state index contributed by atoms with van der Waals surface area (Å²) in [6.07, 6.45) is 10.7. The first-order chi connectivity index (χ1) is 16.1. The molecule has 2 aromatic carbocycles. The lowest BCUT2D eigenvalue weighted by Gasteiger charge is -2.40. The van der Waals surface area contributed by atoms with Gasteiger partial charge in [-0.3, -0.25) is 9.59 Å². The van der Waals surface area contributed by atoms with Gasteiger partial charge in [0.25, 0.3) is 11.5 Å². The number of amides is 1. The van der Waals surface area contributed by atoms with Gasteiger partial charge in [-0.05, 0) is 30.2 Å². The van der Waals surface area contributed by atoms with Crippen LogP contribution in [-0.2, 0) is 4.79 Å². The maximum atomic E-state index is 13.6. The van der Waals surface area contributed by atoms with Crippen LogP contribution in [0.1, 0.15) is 86.6 Å². The minimum atomic E-state index is -1.65. The second kappa shape index (κ2) is 10.3. The van der Waals surface area contributed by atoms with Crippen molar-refractivity contribution in [1.29, 1.82) is 0 Å². The fourth-order valence-electron chi connectivity index (χ4n) is 4.93. The summed E-state index contributed by atoms with van der Waals surface area (Å²) in [6, 6.07) is 14.8. The second-order valence-corrected chi connectivity index (χ2v) is 9.06. The number of unbranched alkanes of at least 4 members (excludes halogenated alkanes) is 8. The van der Waals surface area contributed by atoms with E-state index in [0.717, 1.165) is 30.5 Å². The number of carbonyl (C=O) groups is 2. The van der Waals surface area contributed by atoms with Gasteiger partial charge < -0.3 is 9.64 Å². The lowest BCUT2D eigenvalue weighted by atomic mass is 9.74. The number of fused-ring (bicyclic) bond motifs is 2. The Balaban J connectivity index is 1.54. The van der Waals surface area contributed by atoms with Gasteiger partial charge in [-0.1, -0.05) is 88.1 Å². The number of ketones is 1. The van der Waals surface area contributed by atoms with Crippen LogP contribution in [0.2, 0.25) is 0 Å². The van der Waals surface area contributed by atoms with E-state index in [1.165, 1.54) is 43.4 Å². The van der Waals surface area contributed by atoms with E-state index in [1.807, 2.05) is 30.3 Å². The molecule has 1 spiro atoms. The normalized spacial score (nSPS) is 20.8. The molecule has 2 aliphatic rings. The van der Waals surface area contributed by atoms with Gasteiger partial charge in [-0.2, -0.15) is 0 Å². The highest BCUT2D eigenvalue weighted by Crippen LogP contribution is 2.49. The molecule has 2 heterocycles. The number of hydrogen-bond donors (Lipinski definition) is 0. The molecule has 1 amide bonds. The summed E-state index contributed by atoms with van der Waals surface area (Å²) >= 11 is 0. The third-order valence-electron chi connectivity index (χ3n) is 6.78. The van der Waals surface area contributed by atoms with E-state index in [4.69, 9.17) is 4.74 Å². The van der Waals surface area contributed by atoms with Crippen LogP contribution in [0.25, 0.3) is 0 Å². The van der Waals surface area contributed by atoms with Crippen LogP contribution in [0.3, 0.4) is 0 Å². The van der Waals surface area contributed by atoms with Gasteiger partial charge in [0, 0.05) is 19.2 Å². The predicted octanol–water partition coefficient (Wildman–Crippen LogP) is 6.29. The van der Waals surface area contributed by atoms with Crippen LogP contribution in [-0.4, -0.2) is 24.3 Å². The molecule has 0 N–H and O–H groups in total. The van der Waals surface area contributed by atoms with Crippen molar-refractivity contribution in [2.75, 3.05) is 11.9 Å². The molecule has 4 rings (SSSR count). The van der Waals surface area contributed by atoms with E-state index >= 15 is 0 Å². The van der Waals surface area contributed by atoms with Gasteiger partial charge in [-0.25, -0.2) is 0 Å². The molecule has 0 saturated carbocycles. The van der Waals surface area contributed by atoms with Gasteiger partial charge in [-0.15, -0.1) is 5.92 Å². The Labute approximate surface area is 197 Å². The summed E-state index contributed by atoms with van der Waals surface area (Å²) < 4.78 is 6.20. The first-order valence-electron chi connectivity index (χ1n) is 12.3. The number of likely N-dealkylation sites (N-methyl/N-ethyl adjacent to an activating group) is 1. The summed E-state index contributed by atoms with van der Waals surface area (Å²) in [5.41, 5.74) is 0.448. The zero-order valence-electron chi connectivity index (χ0n) is 19.7. The predicted molar refractivity (Wildman–Crippen MR) is 132 cm³/mol. The van der Waals surface area contributed by atoms with E-state index in [1.54, 1.807) is 25.2 Å². The maximum Gasteiger partial charge on any atom is 0.280 e. The quantitative estimate of drug-likeness (QED) is 0.273. The molecular weight excluding hydrogens is 410 g/mol. The summed E-state index contributed by atoms with van der Waals surface area (Å²) in [6.45, 7) is 2.24. The van der Waals surface area contributed by atoms with Crippen molar-refractivity contribution in [2.45, 2.75) is 76.2 Å². The summed E-state index contributed by atoms with van der Waals surface area (Å²) in [5, 5.41) is 0. The fraction of sp³-hybridized carbons (Fsp3) is 0.448. The Morgan fingerprint density at radius 3 is 2.33 bits per heavy atom. The lowest BCUT2D eigenvalue weighted by Crippen LogP contribution is -2.61. The van der Waals surface area contributed by atoms with Crippen molar-refractivity contribution in [3.05, 3.63) is 59.7 Å². The standard InChI is InChI=1S/C29H33NO3/c1-3-4-5-6-7-8-9-10-11-12-19-24-22-17-13-15-20-25(22)30(2)28(32)29(24)27(31)23-18-14-16-21-26(23)33-29/h13-18,20-21,24H,3-11H2,1-2H3/t24-,29-/m0/s1. The monoisotopic (exact) mass is 443 g/mol. The van der Waals surface area contributed by atoms with Crippen LogP contribution in [0.5, 0.6) is 5.75 Å². The summed E-state index contributed by atoms with van der Waals surface area (Å²) in [5.74, 6) is 5.77. The molecule has 0 radical (unpaired) electrons. The third kappa shape index (κ3) is 4.29. The molecule has 2 aliphatic heterocycles. The van der Waals surface area contributed by atoms with Crippen molar-refractivity contribution >= 4 is 17.4 Å². The van der Waals surface area contributed by atoms with Crippen LogP contribution < -0.4 is 9.64 Å². The second-order valence-electron chi connectivity index (χ2n) is 9.06. The Morgan fingerprint density at radius 1 is 0.909 bits per heavy atom. The van der Waals surface area contributed by atoms with Crippen molar-refractivity contribution in [1.82, 2.24) is 0 Å². The highest BCUT2D eigenvalue weighted by atomic mass is 16.5. The summed E-state index contributed by atoms with van der Waals surface area (Å²) in [4.78, 5) is 28.7. The Kier molecular flexibility index (Phi) is 7.18. The van der Waals surface area contributed by atoms with Crippen molar-refractivity contribution in [2.24, 2.45) is 0 Å². The molecule has 0 unspecified atom stereocenters. The van der Waals surface area contributed by atoms with Gasteiger partial charge in [0.1, 0.15) is 11.7 Å². The number of hydrogen-bond acceptors (Lipinski definition) is 3. The number of para-hydroxylation sites is 2. The first kappa shape index (κ1) is 23.1. The molecule has 0 saturated heterocycles. The number of Topliss-reactive ketones (excluding diaryl/α,β-unsaturated/α-hetero) is 1. The zero-order valence-corrected chi connectivity index (χ0v) is 19.7. The Hall–Kier alpha value is -3.06. The molecule has 33 heavy (non-hydrogen) atoms. The Bertz CT molecular complexity index is 1080. The van der Waals surface area contributed by atoms with E-state index in [2.05, 4.69) is 18.8 Å². The van der Waals surface area contributed by atoms with Gasteiger partial charge in [0.05, 0.1) is 5.56 Å². The molecular formula is C29H33NO3. The van der Waals surface area contributed by atoms with Crippen LogP contribution in [0.4, 0.5) is 5.69 Å². The number of ether oxygens (including phenoxy) is 1. The summed E-state index contributed by atoms with van der Waals surface area (Å²) in [7, 11) is 1.70. The first-order valence-corrected chi connectivity index (χ1v) is 12.3.